The molecule has 0 atom stereocenters. The second kappa shape index (κ2) is 6.76. The van der Waals surface area contributed by atoms with Crippen molar-refractivity contribution in [3.05, 3.63) is 96.1 Å². The third-order valence-electron chi connectivity index (χ3n) is 3.51. The van der Waals surface area contributed by atoms with Crippen LogP contribution in [0.1, 0.15) is 12.0 Å². The van der Waals surface area contributed by atoms with Crippen LogP contribution in [-0.2, 0) is 0 Å². The van der Waals surface area contributed by atoms with E-state index in [0.29, 0.717) is 6.61 Å². The Labute approximate surface area is 125 Å². The Bertz CT molecular complexity index is 663. The summed E-state index contributed by atoms with van der Waals surface area (Å²) in [5.74, 6) is 0.906. The molecule has 0 spiro atoms. The molecule has 0 radical (unpaired) electrons. The summed E-state index contributed by atoms with van der Waals surface area (Å²) in [6.45, 7) is 0.590. The van der Waals surface area contributed by atoms with E-state index in [9.17, 15) is 0 Å². The average Bonchev–Trinajstić information content (AvgIpc) is 2.80. The third kappa shape index (κ3) is 3.51. The Hall–Kier alpha value is -2.54. The third-order valence-corrected chi connectivity index (χ3v) is 3.51. The zero-order valence-electron chi connectivity index (χ0n) is 11.9. The fraction of sp³-hybridized carbons (Fsp3) is 0.100. The van der Waals surface area contributed by atoms with Gasteiger partial charge in [-0.3, -0.25) is 0 Å². The van der Waals surface area contributed by atoms with E-state index in [4.69, 9.17) is 4.74 Å². The number of rotatable bonds is 4. The van der Waals surface area contributed by atoms with Gasteiger partial charge in [0.25, 0.3) is 0 Å². The highest BCUT2D eigenvalue weighted by molar-refractivity contribution is 5.73. The Balaban J connectivity index is 1.86. The van der Waals surface area contributed by atoms with Gasteiger partial charge in [0.05, 0.1) is 0 Å². The van der Waals surface area contributed by atoms with Gasteiger partial charge in [0, 0.05) is 0 Å². The van der Waals surface area contributed by atoms with Crippen LogP contribution in [0, 0.1) is 0 Å². The molecule has 0 amide bonds. The second-order valence-electron chi connectivity index (χ2n) is 4.96. The van der Waals surface area contributed by atoms with Crippen LogP contribution >= 0.6 is 0 Å². The molecule has 104 valence electrons. The fourth-order valence-corrected chi connectivity index (χ4v) is 2.42. The van der Waals surface area contributed by atoms with E-state index < -0.39 is 0 Å². The monoisotopic (exact) mass is 274 g/mol. The maximum absolute atomic E-state index is 5.92. The van der Waals surface area contributed by atoms with Crippen LogP contribution in [-0.4, -0.2) is 6.61 Å². The van der Waals surface area contributed by atoms with Gasteiger partial charge in [0.1, 0.15) is 12.4 Å². The van der Waals surface area contributed by atoms with E-state index in [1.807, 2.05) is 36.4 Å². The van der Waals surface area contributed by atoms with Crippen LogP contribution in [0.2, 0.25) is 0 Å². The van der Waals surface area contributed by atoms with E-state index in [0.717, 1.165) is 12.2 Å². The summed E-state index contributed by atoms with van der Waals surface area (Å²) in [4.78, 5) is 0. The van der Waals surface area contributed by atoms with Crippen LogP contribution in [0.4, 0.5) is 0 Å². The van der Waals surface area contributed by atoms with Gasteiger partial charge in [0.2, 0.25) is 0 Å². The topological polar surface area (TPSA) is 9.23 Å². The van der Waals surface area contributed by atoms with Crippen molar-refractivity contribution in [2.75, 3.05) is 6.61 Å². The standard InChI is InChI=1S/C20H18O/c1-4-10-17(11-5-1)20-15-9-2-6-12-18(20)16-21-19-13-7-3-8-14-19/h1-14H,15-16H2. The normalized spacial score (nSPS) is 14.1. The fourth-order valence-electron chi connectivity index (χ4n) is 2.42. The van der Waals surface area contributed by atoms with Gasteiger partial charge in [-0.05, 0) is 35.3 Å². The number of ether oxygens (including phenoxy) is 1. The summed E-state index contributed by atoms with van der Waals surface area (Å²) >= 11 is 0. The minimum absolute atomic E-state index is 0.590. The van der Waals surface area contributed by atoms with Gasteiger partial charge in [-0.15, -0.1) is 0 Å². The van der Waals surface area contributed by atoms with Gasteiger partial charge in [-0.2, -0.15) is 0 Å². The summed E-state index contributed by atoms with van der Waals surface area (Å²) in [7, 11) is 0. The number of hydrogen-bond acceptors (Lipinski definition) is 1. The number of benzene rings is 2. The molecule has 21 heavy (non-hydrogen) atoms. The van der Waals surface area contributed by atoms with Crippen molar-refractivity contribution in [2.45, 2.75) is 6.42 Å². The summed E-state index contributed by atoms with van der Waals surface area (Å²) in [6.07, 6.45) is 9.45. The average molecular weight is 274 g/mol. The molecule has 3 rings (SSSR count). The molecule has 0 fully saturated rings. The molecule has 0 aromatic heterocycles. The van der Waals surface area contributed by atoms with Crippen molar-refractivity contribution < 1.29 is 4.74 Å². The number of allylic oxidation sites excluding steroid dienone is 4. The lowest BCUT2D eigenvalue weighted by Gasteiger charge is -2.12. The molecule has 0 saturated carbocycles. The van der Waals surface area contributed by atoms with Gasteiger partial charge in [-0.1, -0.05) is 72.8 Å². The van der Waals surface area contributed by atoms with Crippen molar-refractivity contribution in [3.63, 3.8) is 0 Å². The molecule has 2 aromatic rings. The molecule has 0 bridgehead atoms. The summed E-state index contributed by atoms with van der Waals surface area (Å²) in [6, 6.07) is 20.5. The molecule has 1 heteroatoms. The van der Waals surface area contributed by atoms with Crippen molar-refractivity contribution >= 4 is 5.57 Å². The zero-order valence-corrected chi connectivity index (χ0v) is 11.9. The Kier molecular flexibility index (Phi) is 4.33. The van der Waals surface area contributed by atoms with Crippen LogP contribution < -0.4 is 4.74 Å². The summed E-state index contributed by atoms with van der Waals surface area (Å²) in [5.41, 5.74) is 3.83. The van der Waals surface area contributed by atoms with Gasteiger partial charge < -0.3 is 4.74 Å². The SMILES string of the molecule is C1=CCC(c2ccccc2)=C(COc2ccccc2)C=C1. The molecule has 1 nitrogen and oxygen atoms in total. The first-order chi connectivity index (χ1) is 10.4. The molecule has 0 N–H and O–H groups in total. The van der Waals surface area contributed by atoms with Crippen LogP contribution in [0.15, 0.2) is 90.5 Å². The maximum atomic E-state index is 5.92. The number of para-hydroxylation sites is 1. The molecular formula is C20H18O. The van der Waals surface area contributed by atoms with E-state index >= 15 is 0 Å². The molecular weight excluding hydrogens is 256 g/mol. The zero-order chi connectivity index (χ0) is 14.3. The van der Waals surface area contributed by atoms with Crippen LogP contribution in [0.25, 0.3) is 5.57 Å². The Morgan fingerprint density at radius 2 is 1.52 bits per heavy atom. The van der Waals surface area contributed by atoms with Crippen molar-refractivity contribution in [3.8, 4) is 5.75 Å². The molecule has 0 unspecified atom stereocenters. The molecule has 0 saturated heterocycles. The highest BCUT2D eigenvalue weighted by Crippen LogP contribution is 2.26. The smallest absolute Gasteiger partial charge is 0.119 e. The van der Waals surface area contributed by atoms with E-state index in [1.54, 1.807) is 0 Å². The second-order valence-corrected chi connectivity index (χ2v) is 4.96. The van der Waals surface area contributed by atoms with Crippen molar-refractivity contribution in [1.29, 1.82) is 0 Å². The minimum atomic E-state index is 0.590. The molecule has 0 heterocycles. The molecule has 0 aliphatic heterocycles. The molecule has 2 aromatic carbocycles. The van der Waals surface area contributed by atoms with Gasteiger partial charge in [0.15, 0.2) is 0 Å². The Morgan fingerprint density at radius 1 is 0.810 bits per heavy atom. The quantitative estimate of drug-likeness (QED) is 0.759. The maximum Gasteiger partial charge on any atom is 0.119 e. The predicted octanol–water partition coefficient (Wildman–Crippen LogP) is 5.04. The summed E-state index contributed by atoms with van der Waals surface area (Å²) in [5, 5.41) is 0. The first-order valence-corrected chi connectivity index (χ1v) is 7.22. The number of hydrogen-bond donors (Lipinski definition) is 0. The van der Waals surface area contributed by atoms with Crippen LogP contribution in [0.5, 0.6) is 5.75 Å². The lowest BCUT2D eigenvalue weighted by Crippen LogP contribution is -2.02. The van der Waals surface area contributed by atoms with E-state index in [1.165, 1.54) is 16.7 Å². The predicted molar refractivity (Wildman–Crippen MR) is 88.2 cm³/mol. The Morgan fingerprint density at radius 3 is 2.29 bits per heavy atom. The van der Waals surface area contributed by atoms with E-state index in [2.05, 4.69) is 48.6 Å². The van der Waals surface area contributed by atoms with Crippen molar-refractivity contribution in [1.82, 2.24) is 0 Å². The largest absolute Gasteiger partial charge is 0.489 e. The lowest BCUT2D eigenvalue weighted by atomic mass is 9.98. The molecule has 1 aliphatic rings. The first-order valence-electron chi connectivity index (χ1n) is 7.22. The highest BCUT2D eigenvalue weighted by Gasteiger charge is 2.08. The van der Waals surface area contributed by atoms with E-state index in [-0.39, 0.29) is 0 Å². The van der Waals surface area contributed by atoms with Crippen molar-refractivity contribution in [2.24, 2.45) is 0 Å². The van der Waals surface area contributed by atoms with Gasteiger partial charge in [-0.25, -0.2) is 0 Å². The van der Waals surface area contributed by atoms with Gasteiger partial charge >= 0.3 is 0 Å². The molecule has 1 aliphatic carbocycles. The minimum Gasteiger partial charge on any atom is -0.489 e. The first kappa shape index (κ1) is 13.4. The highest BCUT2D eigenvalue weighted by atomic mass is 16.5. The summed E-state index contributed by atoms with van der Waals surface area (Å²) < 4.78 is 5.92. The lowest BCUT2D eigenvalue weighted by molar-refractivity contribution is 0.356. The van der Waals surface area contributed by atoms with Crippen LogP contribution in [0.3, 0.4) is 0 Å².